The fourth-order valence-corrected chi connectivity index (χ4v) is 2.35. The average Bonchev–Trinajstić information content (AvgIpc) is 2.57. The molecule has 7 nitrogen and oxygen atoms in total. The normalized spacial score (nSPS) is 12.6. The number of amides is 1. The fraction of sp³-hybridized carbons (Fsp3) is 0.556. The van der Waals surface area contributed by atoms with E-state index in [2.05, 4.69) is 20.9 Å². The number of aliphatic hydroxyl groups excluding tert-OH is 1. The van der Waals surface area contributed by atoms with Gasteiger partial charge in [0.1, 0.15) is 30.0 Å². The topological polar surface area (TPSA) is 95.0 Å². The molecule has 0 aliphatic heterocycles. The van der Waals surface area contributed by atoms with Crippen LogP contribution in [0.15, 0.2) is 23.2 Å². The smallest absolute Gasteiger partial charge is 0.242 e. The zero-order valence-electron chi connectivity index (χ0n) is 16.5. The molecular weight excluding hydrogens is 518 g/mol. The molecule has 1 amide bonds. The molecule has 0 heterocycles. The molecule has 0 radical (unpaired) electrons. The van der Waals surface area contributed by atoms with Gasteiger partial charge < -0.3 is 25.8 Å². The number of nitrogens with one attached hydrogen (secondary N) is 3. The van der Waals surface area contributed by atoms with Crippen LogP contribution in [0.3, 0.4) is 0 Å². The van der Waals surface area contributed by atoms with E-state index in [1.807, 2.05) is 27.7 Å². The van der Waals surface area contributed by atoms with E-state index >= 15 is 0 Å². The number of rotatable bonds is 8. The number of hydrogen-bond donors (Lipinski definition) is 4. The molecule has 1 aromatic rings. The van der Waals surface area contributed by atoms with E-state index in [4.69, 9.17) is 27.9 Å². The van der Waals surface area contributed by atoms with Crippen molar-refractivity contribution in [3.8, 4) is 5.75 Å². The Kier molecular flexibility index (Phi) is 12.8. The summed E-state index contributed by atoms with van der Waals surface area (Å²) >= 11 is 12.0. The summed E-state index contributed by atoms with van der Waals surface area (Å²) in [6, 6.07) is 5.05. The highest BCUT2D eigenvalue weighted by atomic mass is 127. The first kappa shape index (κ1) is 27.0. The quantitative estimate of drug-likeness (QED) is 0.228. The molecule has 1 rings (SSSR count). The maximum Gasteiger partial charge on any atom is 0.242 e. The number of benzene rings is 1. The summed E-state index contributed by atoms with van der Waals surface area (Å²) in [4.78, 5) is 16.1. The van der Waals surface area contributed by atoms with Gasteiger partial charge in [-0.2, -0.15) is 0 Å². The predicted octanol–water partition coefficient (Wildman–Crippen LogP) is 2.82. The van der Waals surface area contributed by atoms with Crippen LogP contribution in [0.4, 0.5) is 0 Å². The summed E-state index contributed by atoms with van der Waals surface area (Å²) in [7, 11) is 0. The number of guanidine groups is 1. The van der Waals surface area contributed by atoms with Gasteiger partial charge in [-0.3, -0.25) is 4.79 Å². The van der Waals surface area contributed by atoms with Crippen LogP contribution in [0.1, 0.15) is 27.7 Å². The molecule has 0 spiro atoms. The van der Waals surface area contributed by atoms with E-state index in [9.17, 15) is 9.90 Å². The molecule has 10 heteroatoms. The first-order chi connectivity index (χ1) is 12.6. The van der Waals surface area contributed by atoms with E-state index in [1.165, 1.54) is 0 Å². The summed E-state index contributed by atoms with van der Waals surface area (Å²) in [6.07, 6.45) is -0.813. The first-order valence-corrected chi connectivity index (χ1v) is 9.46. The summed E-state index contributed by atoms with van der Waals surface area (Å²) < 4.78 is 5.49. The van der Waals surface area contributed by atoms with Crippen LogP contribution in [0.25, 0.3) is 0 Å². The molecule has 0 aliphatic rings. The van der Waals surface area contributed by atoms with Crippen molar-refractivity contribution in [2.45, 2.75) is 39.3 Å². The second-order valence-corrected chi connectivity index (χ2v) is 7.68. The molecule has 28 heavy (non-hydrogen) atoms. The van der Waals surface area contributed by atoms with Gasteiger partial charge in [0.25, 0.3) is 0 Å². The molecule has 1 aromatic carbocycles. The van der Waals surface area contributed by atoms with Gasteiger partial charge in [-0.15, -0.1) is 24.0 Å². The summed E-state index contributed by atoms with van der Waals surface area (Å²) in [5.41, 5.74) is -0.312. The lowest BCUT2D eigenvalue weighted by molar-refractivity contribution is -0.121. The van der Waals surface area contributed by atoms with Gasteiger partial charge in [0, 0.05) is 18.6 Å². The van der Waals surface area contributed by atoms with Crippen LogP contribution < -0.4 is 20.7 Å². The number of aliphatic imine (C=N–C) groups is 1. The van der Waals surface area contributed by atoms with Crippen molar-refractivity contribution in [2.75, 3.05) is 26.2 Å². The van der Waals surface area contributed by atoms with Crippen molar-refractivity contribution in [3.63, 3.8) is 0 Å². The summed E-state index contributed by atoms with van der Waals surface area (Å²) in [6.45, 7) is 8.44. The van der Waals surface area contributed by atoms with Crippen LogP contribution in [-0.4, -0.2) is 54.9 Å². The molecule has 4 N–H and O–H groups in total. The Morgan fingerprint density at radius 1 is 1.29 bits per heavy atom. The number of carbonyl (C=O) groups is 1. The monoisotopic (exact) mass is 546 g/mol. The average molecular weight is 547 g/mol. The molecule has 0 aliphatic carbocycles. The molecule has 1 atom stereocenters. The van der Waals surface area contributed by atoms with Crippen molar-refractivity contribution < 1.29 is 14.6 Å². The Hall–Kier alpha value is -0.970. The molecule has 0 bridgehead atoms. The molecular formula is C18H29Cl2IN4O3. The number of hydrogen-bond acceptors (Lipinski definition) is 4. The molecule has 0 saturated carbocycles. The zero-order chi connectivity index (χ0) is 20.4. The van der Waals surface area contributed by atoms with Crippen LogP contribution >= 0.6 is 47.2 Å². The number of aliphatic hydroxyl groups is 1. The largest absolute Gasteiger partial charge is 0.489 e. The lowest BCUT2D eigenvalue weighted by atomic mass is 10.1. The molecule has 0 aromatic heterocycles. The van der Waals surface area contributed by atoms with E-state index < -0.39 is 6.10 Å². The van der Waals surface area contributed by atoms with Crippen LogP contribution in [-0.2, 0) is 4.79 Å². The van der Waals surface area contributed by atoms with Gasteiger partial charge in [0.15, 0.2) is 5.96 Å². The SMILES string of the molecule is CCNC(=NCC(=O)NC(C)(C)C)NCC(O)COc1cccc(Cl)c1Cl.I. The number of halogens is 3. The minimum Gasteiger partial charge on any atom is -0.489 e. The van der Waals surface area contributed by atoms with Gasteiger partial charge in [0.2, 0.25) is 5.91 Å². The van der Waals surface area contributed by atoms with Gasteiger partial charge in [-0.1, -0.05) is 29.3 Å². The number of nitrogens with zero attached hydrogens (tertiary/aromatic N) is 1. The molecule has 160 valence electrons. The lowest BCUT2D eigenvalue weighted by Gasteiger charge is -2.20. The second-order valence-electron chi connectivity index (χ2n) is 6.89. The third-order valence-corrected chi connectivity index (χ3v) is 3.89. The number of ether oxygens (including phenoxy) is 1. The number of carbonyl (C=O) groups excluding carboxylic acids is 1. The third-order valence-electron chi connectivity index (χ3n) is 3.09. The summed E-state index contributed by atoms with van der Waals surface area (Å²) in [5.74, 6) is 0.656. The fourth-order valence-electron chi connectivity index (χ4n) is 2.01. The summed E-state index contributed by atoms with van der Waals surface area (Å²) in [5, 5.41) is 19.6. The Balaban J connectivity index is 0.00000729. The Morgan fingerprint density at radius 2 is 1.96 bits per heavy atom. The van der Waals surface area contributed by atoms with Crippen LogP contribution in [0.2, 0.25) is 10.0 Å². The third kappa shape index (κ3) is 11.1. The van der Waals surface area contributed by atoms with Gasteiger partial charge in [-0.25, -0.2) is 4.99 Å². The standard InChI is InChI=1S/C18H28Cl2N4O3.HI/c1-5-21-17(23-10-15(26)24-18(2,3)4)22-9-12(25)11-27-14-8-6-7-13(19)16(14)20;/h6-8,12,25H,5,9-11H2,1-4H3,(H,24,26)(H2,21,22,23);1H. The first-order valence-electron chi connectivity index (χ1n) is 8.70. The van der Waals surface area contributed by atoms with E-state index in [-0.39, 0.29) is 55.1 Å². The second kappa shape index (κ2) is 13.3. The van der Waals surface area contributed by atoms with Crippen LogP contribution in [0, 0.1) is 0 Å². The maximum absolute atomic E-state index is 11.9. The minimum atomic E-state index is -0.813. The Bertz CT molecular complexity index is 654. The van der Waals surface area contributed by atoms with Crippen molar-refractivity contribution >= 4 is 59.0 Å². The highest BCUT2D eigenvalue weighted by Crippen LogP contribution is 2.31. The van der Waals surface area contributed by atoms with Gasteiger partial charge >= 0.3 is 0 Å². The van der Waals surface area contributed by atoms with Crippen molar-refractivity contribution in [3.05, 3.63) is 28.2 Å². The predicted molar refractivity (Wildman–Crippen MR) is 125 cm³/mol. The van der Waals surface area contributed by atoms with Gasteiger partial charge in [-0.05, 0) is 39.8 Å². The van der Waals surface area contributed by atoms with E-state index in [0.29, 0.717) is 28.3 Å². The minimum absolute atomic E-state index is 0. The van der Waals surface area contributed by atoms with Gasteiger partial charge in [0.05, 0.1) is 5.02 Å². The Labute approximate surface area is 193 Å². The molecule has 0 fully saturated rings. The van der Waals surface area contributed by atoms with E-state index in [0.717, 1.165) is 0 Å². The molecule has 1 unspecified atom stereocenters. The Morgan fingerprint density at radius 3 is 2.57 bits per heavy atom. The van der Waals surface area contributed by atoms with E-state index in [1.54, 1.807) is 18.2 Å². The molecule has 0 saturated heterocycles. The maximum atomic E-state index is 11.9. The lowest BCUT2D eigenvalue weighted by Crippen LogP contribution is -2.44. The highest BCUT2D eigenvalue weighted by molar-refractivity contribution is 14.0. The highest BCUT2D eigenvalue weighted by Gasteiger charge is 2.14. The van der Waals surface area contributed by atoms with Crippen molar-refractivity contribution in [1.82, 2.24) is 16.0 Å². The van der Waals surface area contributed by atoms with Crippen molar-refractivity contribution in [2.24, 2.45) is 4.99 Å². The van der Waals surface area contributed by atoms with Crippen molar-refractivity contribution in [1.29, 1.82) is 0 Å². The van der Waals surface area contributed by atoms with Crippen LogP contribution in [0.5, 0.6) is 5.75 Å². The zero-order valence-corrected chi connectivity index (χ0v) is 20.4.